The fourth-order valence-electron chi connectivity index (χ4n) is 2.70. The van der Waals surface area contributed by atoms with Crippen LogP contribution in [0.5, 0.6) is 0 Å². The highest BCUT2D eigenvalue weighted by Gasteiger charge is 2.13. The van der Waals surface area contributed by atoms with Gasteiger partial charge in [0.15, 0.2) is 0 Å². The average molecular weight is 310 g/mol. The van der Waals surface area contributed by atoms with E-state index in [1.165, 1.54) is 0 Å². The maximum Gasteiger partial charge on any atom is 0.141 e. The van der Waals surface area contributed by atoms with Gasteiger partial charge >= 0.3 is 0 Å². The van der Waals surface area contributed by atoms with E-state index in [4.69, 9.17) is 11.1 Å². The molecule has 1 aromatic heterocycles. The molecule has 1 aliphatic heterocycles. The molecule has 23 heavy (non-hydrogen) atoms. The van der Waals surface area contributed by atoms with Gasteiger partial charge in [-0.05, 0) is 18.5 Å². The lowest BCUT2D eigenvalue weighted by molar-refractivity contribution is 0.444. The van der Waals surface area contributed by atoms with E-state index in [1.54, 1.807) is 12.4 Å². The van der Waals surface area contributed by atoms with Crippen molar-refractivity contribution in [3.63, 3.8) is 0 Å². The summed E-state index contributed by atoms with van der Waals surface area (Å²) in [6, 6.07) is 8.14. The van der Waals surface area contributed by atoms with Crippen molar-refractivity contribution in [2.45, 2.75) is 12.8 Å². The molecule has 2 aromatic rings. The minimum Gasteiger partial charge on any atom is -0.382 e. The van der Waals surface area contributed by atoms with Crippen LogP contribution in [0.2, 0.25) is 0 Å². The van der Waals surface area contributed by atoms with Crippen LogP contribution in [0.25, 0.3) is 0 Å². The van der Waals surface area contributed by atoms with Gasteiger partial charge in [-0.1, -0.05) is 24.3 Å². The Kier molecular flexibility index (Phi) is 4.83. The van der Waals surface area contributed by atoms with Gasteiger partial charge < -0.3 is 16.0 Å². The van der Waals surface area contributed by atoms with Crippen LogP contribution >= 0.6 is 0 Å². The lowest BCUT2D eigenvalue weighted by Crippen LogP contribution is -2.34. The van der Waals surface area contributed by atoms with Gasteiger partial charge in [-0.15, -0.1) is 0 Å². The molecule has 1 aliphatic rings. The third-order valence-corrected chi connectivity index (χ3v) is 3.99. The lowest BCUT2D eigenvalue weighted by atomic mass is 10.1. The van der Waals surface area contributed by atoms with Crippen molar-refractivity contribution < 1.29 is 0 Å². The second kappa shape index (κ2) is 7.19. The molecule has 0 amide bonds. The Hall–Kier alpha value is -2.47. The van der Waals surface area contributed by atoms with E-state index in [9.17, 15) is 0 Å². The SMILES string of the molecule is N=C(c1ccc(Cc2cnc(N)cn2)cc1)N1CCCNCC1. The highest BCUT2D eigenvalue weighted by atomic mass is 15.2. The fraction of sp³-hybridized carbons (Fsp3) is 0.353. The van der Waals surface area contributed by atoms with E-state index >= 15 is 0 Å². The largest absolute Gasteiger partial charge is 0.382 e. The molecule has 0 unspecified atom stereocenters. The third kappa shape index (κ3) is 4.04. The van der Waals surface area contributed by atoms with Gasteiger partial charge in [0.2, 0.25) is 0 Å². The highest BCUT2D eigenvalue weighted by Crippen LogP contribution is 2.12. The molecule has 0 bridgehead atoms. The van der Waals surface area contributed by atoms with Gasteiger partial charge in [0.25, 0.3) is 0 Å². The fourth-order valence-corrected chi connectivity index (χ4v) is 2.70. The molecule has 1 fully saturated rings. The second-order valence-electron chi connectivity index (χ2n) is 5.75. The zero-order chi connectivity index (χ0) is 16.1. The molecule has 0 atom stereocenters. The predicted octanol–water partition coefficient (Wildman–Crippen LogP) is 1.27. The van der Waals surface area contributed by atoms with Crippen molar-refractivity contribution in [3.8, 4) is 0 Å². The standard InChI is InChI=1S/C17H22N6/c18-16-12-21-15(11-22-16)10-13-2-4-14(5-3-13)17(19)23-8-1-6-20-7-9-23/h2-5,11-12,19-20H,1,6-10H2,(H2,18,22). The number of amidine groups is 1. The Morgan fingerprint density at radius 3 is 2.70 bits per heavy atom. The molecule has 2 heterocycles. The number of nitrogen functional groups attached to an aromatic ring is 1. The first-order chi connectivity index (χ1) is 11.2. The summed E-state index contributed by atoms with van der Waals surface area (Å²) in [5, 5.41) is 11.8. The summed E-state index contributed by atoms with van der Waals surface area (Å²) in [6.07, 6.45) is 5.08. The Labute approximate surface area is 136 Å². The van der Waals surface area contributed by atoms with Crippen LogP contribution in [-0.4, -0.2) is 46.9 Å². The summed E-state index contributed by atoms with van der Waals surface area (Å²) in [5.74, 6) is 1.04. The van der Waals surface area contributed by atoms with Crippen molar-refractivity contribution in [3.05, 3.63) is 53.5 Å². The summed E-state index contributed by atoms with van der Waals surface area (Å²) >= 11 is 0. The van der Waals surface area contributed by atoms with Gasteiger partial charge in [0.1, 0.15) is 11.7 Å². The topological polar surface area (TPSA) is 90.9 Å². The van der Waals surface area contributed by atoms with Crippen molar-refractivity contribution in [2.75, 3.05) is 31.9 Å². The first kappa shape index (κ1) is 15.4. The minimum atomic E-state index is 0.435. The van der Waals surface area contributed by atoms with Gasteiger partial charge in [0, 0.05) is 31.6 Å². The number of nitrogens with one attached hydrogen (secondary N) is 2. The van der Waals surface area contributed by atoms with E-state index in [0.29, 0.717) is 18.1 Å². The van der Waals surface area contributed by atoms with Crippen molar-refractivity contribution >= 4 is 11.7 Å². The summed E-state index contributed by atoms with van der Waals surface area (Å²) < 4.78 is 0. The third-order valence-electron chi connectivity index (χ3n) is 3.99. The van der Waals surface area contributed by atoms with Gasteiger partial charge in [-0.25, -0.2) is 4.98 Å². The average Bonchev–Trinajstić information content (AvgIpc) is 2.86. The maximum absolute atomic E-state index is 8.40. The Bertz CT molecular complexity index is 642. The number of benzene rings is 1. The number of rotatable bonds is 3. The summed E-state index contributed by atoms with van der Waals surface area (Å²) in [4.78, 5) is 10.5. The molecular weight excluding hydrogens is 288 g/mol. The zero-order valence-corrected chi connectivity index (χ0v) is 13.1. The van der Waals surface area contributed by atoms with Crippen LogP contribution in [0, 0.1) is 5.41 Å². The molecule has 3 rings (SSSR count). The van der Waals surface area contributed by atoms with Crippen LogP contribution in [0.4, 0.5) is 5.82 Å². The molecule has 1 saturated heterocycles. The monoisotopic (exact) mass is 310 g/mol. The first-order valence-electron chi connectivity index (χ1n) is 7.92. The van der Waals surface area contributed by atoms with Gasteiger partial charge in [-0.2, -0.15) is 0 Å². The second-order valence-corrected chi connectivity index (χ2v) is 5.75. The van der Waals surface area contributed by atoms with Gasteiger partial charge in [-0.3, -0.25) is 10.4 Å². The van der Waals surface area contributed by atoms with Crippen molar-refractivity contribution in [1.82, 2.24) is 20.2 Å². The number of hydrogen-bond donors (Lipinski definition) is 3. The molecule has 4 N–H and O–H groups in total. The number of hydrogen-bond acceptors (Lipinski definition) is 5. The number of nitrogens with zero attached hydrogens (tertiary/aromatic N) is 3. The number of nitrogens with two attached hydrogens (primary N) is 1. The quantitative estimate of drug-likeness (QED) is 0.587. The molecule has 0 aliphatic carbocycles. The highest BCUT2D eigenvalue weighted by molar-refractivity contribution is 5.96. The van der Waals surface area contributed by atoms with Crippen LogP contribution < -0.4 is 11.1 Å². The summed E-state index contributed by atoms with van der Waals surface area (Å²) in [7, 11) is 0. The Morgan fingerprint density at radius 1 is 1.13 bits per heavy atom. The van der Waals surface area contributed by atoms with E-state index in [2.05, 4.69) is 32.3 Å². The molecule has 0 radical (unpaired) electrons. The summed E-state index contributed by atoms with van der Waals surface area (Å²) in [6.45, 7) is 3.80. The molecule has 120 valence electrons. The van der Waals surface area contributed by atoms with Crippen LogP contribution in [0.1, 0.15) is 23.2 Å². The molecule has 6 heteroatoms. The lowest BCUT2D eigenvalue weighted by Gasteiger charge is -2.23. The summed E-state index contributed by atoms with van der Waals surface area (Å²) in [5.41, 5.74) is 8.55. The number of aromatic nitrogens is 2. The molecule has 0 spiro atoms. The Morgan fingerprint density at radius 2 is 1.96 bits per heavy atom. The number of anilines is 1. The van der Waals surface area contributed by atoms with E-state index < -0.39 is 0 Å². The molecule has 6 nitrogen and oxygen atoms in total. The predicted molar refractivity (Wildman–Crippen MR) is 91.6 cm³/mol. The van der Waals surface area contributed by atoms with Crippen molar-refractivity contribution in [1.29, 1.82) is 5.41 Å². The van der Waals surface area contributed by atoms with Crippen molar-refractivity contribution in [2.24, 2.45) is 0 Å². The normalized spacial score (nSPS) is 15.2. The Balaban J connectivity index is 1.66. The van der Waals surface area contributed by atoms with E-state index in [-0.39, 0.29) is 0 Å². The minimum absolute atomic E-state index is 0.435. The maximum atomic E-state index is 8.40. The van der Waals surface area contributed by atoms with Crippen LogP contribution in [-0.2, 0) is 6.42 Å². The van der Waals surface area contributed by atoms with Gasteiger partial charge in [0.05, 0.1) is 18.1 Å². The zero-order valence-electron chi connectivity index (χ0n) is 13.1. The van der Waals surface area contributed by atoms with E-state index in [0.717, 1.165) is 49.4 Å². The smallest absolute Gasteiger partial charge is 0.141 e. The van der Waals surface area contributed by atoms with Crippen LogP contribution in [0.15, 0.2) is 36.7 Å². The first-order valence-corrected chi connectivity index (χ1v) is 7.92. The van der Waals surface area contributed by atoms with E-state index in [1.807, 2.05) is 12.1 Å². The molecule has 0 saturated carbocycles. The molecular formula is C17H22N6. The van der Waals surface area contributed by atoms with Crippen LogP contribution in [0.3, 0.4) is 0 Å². The molecule has 1 aromatic carbocycles.